The lowest BCUT2D eigenvalue weighted by Crippen LogP contribution is -2.50. The Hall–Kier alpha value is -3.66. The smallest absolute Gasteiger partial charge is 0.408 e. The summed E-state index contributed by atoms with van der Waals surface area (Å²) in [5.74, 6) is -4.84. The van der Waals surface area contributed by atoms with Gasteiger partial charge in [0.1, 0.15) is 16.8 Å². The highest BCUT2D eigenvalue weighted by Crippen LogP contribution is 2.35. The standard InChI is InChI=1S/C23H25F4N5O6S/c1-11-6-14(4-5-15(11)24)29-20(33)18-19-17(9-31(18)3)39(36,37)30-16-8-32(7-13(16)10-38-19)22(35)21(34)28-12(2)23(25,26)27/h4-6,9,12-13,16,30H,7-8,10H2,1-3H3,(H,28,34)(H,29,33)/t12-,13?,16?/m1/s1. The van der Waals surface area contributed by atoms with E-state index in [-0.39, 0.29) is 47.3 Å². The van der Waals surface area contributed by atoms with Crippen LogP contribution in [0.15, 0.2) is 29.3 Å². The van der Waals surface area contributed by atoms with Gasteiger partial charge in [-0.1, -0.05) is 0 Å². The van der Waals surface area contributed by atoms with Crippen molar-refractivity contribution in [3.05, 3.63) is 41.5 Å². The molecule has 2 unspecified atom stereocenters. The zero-order valence-corrected chi connectivity index (χ0v) is 21.7. The Morgan fingerprint density at radius 1 is 1.21 bits per heavy atom. The molecule has 0 aliphatic carbocycles. The Bertz CT molecular complexity index is 1440. The van der Waals surface area contributed by atoms with Gasteiger partial charge in [-0.25, -0.2) is 17.5 Å². The molecule has 4 rings (SSSR count). The molecule has 3 heterocycles. The monoisotopic (exact) mass is 575 g/mol. The molecule has 0 saturated carbocycles. The molecule has 11 nitrogen and oxygen atoms in total. The number of nitrogens with zero attached hydrogens (tertiary/aromatic N) is 2. The number of anilines is 1. The Morgan fingerprint density at radius 2 is 1.90 bits per heavy atom. The Kier molecular flexibility index (Phi) is 7.37. The van der Waals surface area contributed by atoms with Gasteiger partial charge in [0.15, 0.2) is 11.4 Å². The molecule has 16 heteroatoms. The van der Waals surface area contributed by atoms with E-state index in [2.05, 4.69) is 10.0 Å². The van der Waals surface area contributed by atoms with E-state index in [1.54, 1.807) is 5.32 Å². The summed E-state index contributed by atoms with van der Waals surface area (Å²) in [5, 5.41) is 4.16. The number of nitrogens with one attached hydrogen (secondary N) is 3. The fourth-order valence-electron chi connectivity index (χ4n) is 4.36. The number of benzene rings is 1. The molecular formula is C23H25F4N5O6S. The molecule has 1 aromatic heterocycles. The van der Waals surface area contributed by atoms with E-state index in [0.717, 1.165) is 4.90 Å². The minimum Gasteiger partial charge on any atom is -0.489 e. The summed E-state index contributed by atoms with van der Waals surface area (Å²) in [7, 11) is -2.86. The van der Waals surface area contributed by atoms with E-state index in [1.807, 2.05) is 0 Å². The fraction of sp³-hybridized carbons (Fsp3) is 0.435. The summed E-state index contributed by atoms with van der Waals surface area (Å²) >= 11 is 0. The van der Waals surface area contributed by atoms with Crippen LogP contribution in [0.5, 0.6) is 5.75 Å². The molecule has 39 heavy (non-hydrogen) atoms. The summed E-state index contributed by atoms with van der Waals surface area (Å²) in [6.45, 7) is 1.56. The molecule has 2 aliphatic heterocycles. The van der Waals surface area contributed by atoms with Crippen LogP contribution < -0.4 is 20.1 Å². The summed E-state index contributed by atoms with van der Waals surface area (Å²) in [5.41, 5.74) is 0.414. The maximum atomic E-state index is 13.6. The van der Waals surface area contributed by atoms with Gasteiger partial charge in [-0.3, -0.25) is 14.4 Å². The molecule has 0 radical (unpaired) electrons. The van der Waals surface area contributed by atoms with E-state index >= 15 is 0 Å². The minimum atomic E-state index is -4.75. The van der Waals surface area contributed by atoms with Gasteiger partial charge in [-0.05, 0) is 37.6 Å². The van der Waals surface area contributed by atoms with Crippen LogP contribution in [0.4, 0.5) is 23.2 Å². The number of rotatable bonds is 3. The van der Waals surface area contributed by atoms with E-state index in [9.17, 15) is 40.4 Å². The van der Waals surface area contributed by atoms with E-state index < -0.39 is 57.7 Å². The lowest BCUT2D eigenvalue weighted by molar-refractivity contribution is -0.162. The highest BCUT2D eigenvalue weighted by atomic mass is 32.2. The molecule has 1 aromatic carbocycles. The molecular weight excluding hydrogens is 550 g/mol. The second-order valence-corrected chi connectivity index (χ2v) is 11.1. The van der Waals surface area contributed by atoms with Crippen LogP contribution in [-0.2, 0) is 26.7 Å². The Labute approximate surface area is 220 Å². The summed E-state index contributed by atoms with van der Waals surface area (Å²) < 4.78 is 87.8. The molecule has 2 aromatic rings. The van der Waals surface area contributed by atoms with Crippen molar-refractivity contribution in [1.29, 1.82) is 0 Å². The van der Waals surface area contributed by atoms with Crippen LogP contribution in [0.3, 0.4) is 0 Å². The van der Waals surface area contributed by atoms with Crippen molar-refractivity contribution in [3.63, 3.8) is 0 Å². The predicted octanol–water partition coefficient (Wildman–Crippen LogP) is 1.29. The van der Waals surface area contributed by atoms with Gasteiger partial charge in [0, 0.05) is 44.0 Å². The van der Waals surface area contributed by atoms with Crippen molar-refractivity contribution in [3.8, 4) is 5.75 Å². The second kappa shape index (κ2) is 10.1. The third-order valence-electron chi connectivity index (χ3n) is 6.53. The van der Waals surface area contributed by atoms with Gasteiger partial charge in [0.2, 0.25) is 10.0 Å². The van der Waals surface area contributed by atoms with Crippen LogP contribution >= 0.6 is 0 Å². The van der Waals surface area contributed by atoms with Gasteiger partial charge in [0.25, 0.3) is 5.91 Å². The van der Waals surface area contributed by atoms with Crippen molar-refractivity contribution in [1.82, 2.24) is 19.5 Å². The number of alkyl halides is 3. The summed E-state index contributed by atoms with van der Waals surface area (Å²) in [6, 6.07) is 0.750. The zero-order valence-electron chi connectivity index (χ0n) is 20.9. The first-order valence-electron chi connectivity index (χ1n) is 11.7. The number of carbonyl (C=O) groups excluding carboxylic acids is 3. The van der Waals surface area contributed by atoms with Gasteiger partial charge in [-0.2, -0.15) is 13.2 Å². The molecule has 212 valence electrons. The molecule has 1 fully saturated rings. The minimum absolute atomic E-state index is 0.137. The van der Waals surface area contributed by atoms with Crippen molar-refractivity contribution >= 4 is 33.4 Å². The number of aromatic nitrogens is 1. The van der Waals surface area contributed by atoms with Crippen molar-refractivity contribution < 1.29 is 45.1 Å². The topological polar surface area (TPSA) is 139 Å². The highest BCUT2D eigenvalue weighted by Gasteiger charge is 2.44. The van der Waals surface area contributed by atoms with Crippen molar-refractivity contribution in [2.24, 2.45) is 13.0 Å². The zero-order chi connectivity index (χ0) is 28.9. The lowest BCUT2D eigenvalue weighted by atomic mass is 10.1. The largest absolute Gasteiger partial charge is 0.489 e. The van der Waals surface area contributed by atoms with Crippen LogP contribution in [0.1, 0.15) is 23.0 Å². The number of carbonyl (C=O) groups is 3. The first-order chi connectivity index (χ1) is 18.1. The number of aryl methyl sites for hydroxylation is 2. The number of ether oxygens (including phenoxy) is 1. The number of halogens is 4. The number of amides is 3. The molecule has 3 N–H and O–H groups in total. The number of hydrogen-bond acceptors (Lipinski definition) is 6. The van der Waals surface area contributed by atoms with Crippen LogP contribution in [0, 0.1) is 18.7 Å². The number of hydrogen-bond donors (Lipinski definition) is 3. The quantitative estimate of drug-likeness (QED) is 0.373. The van der Waals surface area contributed by atoms with Gasteiger partial charge < -0.3 is 24.8 Å². The van der Waals surface area contributed by atoms with E-state index in [0.29, 0.717) is 6.92 Å². The van der Waals surface area contributed by atoms with E-state index in [4.69, 9.17) is 4.74 Å². The second-order valence-electron chi connectivity index (χ2n) is 9.45. The predicted molar refractivity (Wildman–Crippen MR) is 128 cm³/mol. The lowest BCUT2D eigenvalue weighted by Gasteiger charge is -2.23. The SMILES string of the molecule is Cc1cc(NC(=O)c2c3c(cn2C)S(=O)(=O)NC2CN(C(=O)C(=O)N[C@H](C)C(F)(F)F)CC2CO3)ccc1F. The van der Waals surface area contributed by atoms with E-state index in [1.165, 1.54) is 42.9 Å². The average Bonchev–Trinajstić information content (AvgIpc) is 3.38. The normalized spacial score (nSPS) is 21.1. The maximum absolute atomic E-state index is 13.6. The van der Waals surface area contributed by atoms with Crippen molar-refractivity contribution in [2.45, 2.75) is 37.0 Å². The first kappa shape index (κ1) is 28.4. The van der Waals surface area contributed by atoms with Gasteiger partial charge in [0.05, 0.1) is 6.61 Å². The molecule has 3 amide bonds. The third kappa shape index (κ3) is 5.71. The van der Waals surface area contributed by atoms with Crippen LogP contribution in [-0.4, -0.2) is 73.6 Å². The fourth-order valence-corrected chi connectivity index (χ4v) is 5.85. The van der Waals surface area contributed by atoms with Gasteiger partial charge >= 0.3 is 18.0 Å². The van der Waals surface area contributed by atoms with Crippen LogP contribution in [0.2, 0.25) is 0 Å². The average molecular weight is 576 g/mol. The highest BCUT2D eigenvalue weighted by molar-refractivity contribution is 7.89. The molecule has 2 aliphatic rings. The maximum Gasteiger partial charge on any atom is 0.408 e. The van der Waals surface area contributed by atoms with Crippen LogP contribution in [0.25, 0.3) is 0 Å². The number of fused-ring (bicyclic) bond motifs is 2. The Balaban J connectivity index is 1.54. The Morgan fingerprint density at radius 3 is 2.54 bits per heavy atom. The number of sulfonamides is 1. The molecule has 3 atom stereocenters. The summed E-state index contributed by atoms with van der Waals surface area (Å²) in [4.78, 5) is 38.3. The van der Waals surface area contributed by atoms with Crippen molar-refractivity contribution in [2.75, 3.05) is 25.0 Å². The molecule has 0 bridgehead atoms. The third-order valence-corrected chi connectivity index (χ3v) is 8.02. The molecule has 0 spiro atoms. The molecule has 1 saturated heterocycles. The first-order valence-corrected chi connectivity index (χ1v) is 13.1. The van der Waals surface area contributed by atoms with Gasteiger partial charge in [-0.15, -0.1) is 0 Å². The number of likely N-dealkylation sites (tertiary alicyclic amines) is 1. The summed E-state index contributed by atoms with van der Waals surface area (Å²) in [6.07, 6.45) is -3.58.